The molecule has 0 bridgehead atoms. The van der Waals surface area contributed by atoms with Gasteiger partial charge in [-0.25, -0.2) is 0 Å². The lowest BCUT2D eigenvalue weighted by Gasteiger charge is -2.33. The molecule has 4 rings (SSSR count). The molecule has 0 radical (unpaired) electrons. The number of piperidine rings is 1. The van der Waals surface area contributed by atoms with Crippen LogP contribution in [-0.4, -0.2) is 38.2 Å². The van der Waals surface area contributed by atoms with Gasteiger partial charge in [-0.3, -0.25) is 4.79 Å². The second-order valence-electron chi connectivity index (χ2n) is 8.82. The number of hydrogen-bond donors (Lipinski definition) is 1. The largest absolute Gasteiger partial charge is 0.356 e. The van der Waals surface area contributed by atoms with E-state index in [0.717, 1.165) is 22.3 Å². The molecule has 2 aliphatic heterocycles. The summed E-state index contributed by atoms with van der Waals surface area (Å²) in [5.74, 6) is 0.534. The van der Waals surface area contributed by atoms with Crippen LogP contribution in [0.4, 0.5) is 0 Å². The zero-order valence-electron chi connectivity index (χ0n) is 19.5. The molecule has 2 aliphatic rings. The summed E-state index contributed by atoms with van der Waals surface area (Å²) in [6.45, 7) is 7.74. The fourth-order valence-corrected chi connectivity index (χ4v) is 6.08. The minimum atomic E-state index is -3.74. The molecule has 1 amide bonds. The highest BCUT2D eigenvalue weighted by Crippen LogP contribution is 2.36. The average Bonchev–Trinajstić information content (AvgIpc) is 3.09. The van der Waals surface area contributed by atoms with Crippen LogP contribution in [0, 0.1) is 19.8 Å². The minimum absolute atomic E-state index is 0.0606. The van der Waals surface area contributed by atoms with E-state index in [4.69, 9.17) is 0 Å². The highest BCUT2D eigenvalue weighted by Gasteiger charge is 2.36. The first kappa shape index (κ1) is 23.2. The Labute approximate surface area is 196 Å². The van der Waals surface area contributed by atoms with Crippen molar-refractivity contribution < 1.29 is 13.2 Å². The minimum Gasteiger partial charge on any atom is -0.356 e. The summed E-state index contributed by atoms with van der Waals surface area (Å²) in [5.41, 5.74) is 4.81. The third-order valence-electron chi connectivity index (χ3n) is 6.56. The molecule has 2 aromatic rings. The van der Waals surface area contributed by atoms with Crippen molar-refractivity contribution in [3.63, 3.8) is 0 Å². The number of amidine groups is 1. The number of carbonyl (C=O) groups excluding carboxylic acids is 1. The fraction of sp³-hybridized carbons (Fsp3) is 0.385. The molecule has 2 aromatic carbocycles. The molecule has 2 heterocycles. The van der Waals surface area contributed by atoms with Crippen molar-refractivity contribution in [2.24, 2.45) is 10.3 Å². The Morgan fingerprint density at radius 1 is 1.06 bits per heavy atom. The number of sulfonamides is 1. The van der Waals surface area contributed by atoms with Crippen LogP contribution in [0.5, 0.6) is 0 Å². The predicted molar refractivity (Wildman–Crippen MR) is 132 cm³/mol. The van der Waals surface area contributed by atoms with E-state index < -0.39 is 10.0 Å². The summed E-state index contributed by atoms with van der Waals surface area (Å²) in [6.07, 6.45) is 1.93. The van der Waals surface area contributed by atoms with Gasteiger partial charge in [0, 0.05) is 31.1 Å². The van der Waals surface area contributed by atoms with Crippen molar-refractivity contribution in [1.82, 2.24) is 10.2 Å². The summed E-state index contributed by atoms with van der Waals surface area (Å²) >= 11 is 0. The van der Waals surface area contributed by atoms with Crippen molar-refractivity contribution >= 4 is 26.7 Å². The number of aryl methyl sites for hydroxylation is 2. The molecule has 1 saturated heterocycles. The van der Waals surface area contributed by atoms with Gasteiger partial charge in [0.25, 0.3) is 10.0 Å². The molecule has 0 spiro atoms. The number of nitrogens with zero attached hydrogens (tertiary/aromatic N) is 2. The van der Waals surface area contributed by atoms with Crippen LogP contribution in [0.1, 0.15) is 48.4 Å². The van der Waals surface area contributed by atoms with Gasteiger partial charge in [0.1, 0.15) is 10.7 Å². The lowest BCUT2D eigenvalue weighted by atomic mass is 9.94. The number of amides is 1. The molecule has 174 valence electrons. The number of nitrogens with one attached hydrogen (secondary N) is 1. The zero-order valence-corrected chi connectivity index (χ0v) is 20.3. The van der Waals surface area contributed by atoms with Crippen LogP contribution >= 0.6 is 0 Å². The van der Waals surface area contributed by atoms with E-state index in [9.17, 15) is 13.2 Å². The van der Waals surface area contributed by atoms with Gasteiger partial charge in [-0.15, -0.1) is 4.40 Å². The molecule has 0 aromatic heterocycles. The van der Waals surface area contributed by atoms with E-state index in [-0.39, 0.29) is 11.8 Å². The predicted octanol–water partition coefficient (Wildman–Crippen LogP) is 4.19. The Morgan fingerprint density at radius 3 is 2.36 bits per heavy atom. The topological polar surface area (TPSA) is 78.8 Å². The van der Waals surface area contributed by atoms with Gasteiger partial charge in [-0.05, 0) is 49.8 Å². The average molecular weight is 466 g/mol. The van der Waals surface area contributed by atoms with Gasteiger partial charge in [0.15, 0.2) is 0 Å². The highest BCUT2D eigenvalue weighted by molar-refractivity contribution is 8.00. The smallest absolute Gasteiger partial charge is 0.285 e. The molecule has 1 N–H and O–H groups in total. The lowest BCUT2D eigenvalue weighted by Crippen LogP contribution is -2.43. The van der Waals surface area contributed by atoms with Crippen LogP contribution in [0.25, 0.3) is 4.91 Å². The van der Waals surface area contributed by atoms with Crippen LogP contribution in [0.3, 0.4) is 0 Å². The Kier molecular flexibility index (Phi) is 6.70. The Bertz CT molecular complexity index is 1210. The molecule has 0 saturated carbocycles. The normalized spacial score (nSPS) is 18.4. The number of benzene rings is 2. The Hall–Kier alpha value is -2.93. The van der Waals surface area contributed by atoms with Crippen molar-refractivity contribution in [2.45, 2.75) is 46.6 Å². The number of hydrogen-bond acceptors (Lipinski definition) is 4. The standard InChI is InChI=1S/C26H31N3O3S/c1-4-23-24(20-11-9-18(2)10-12-20)33(31,32)28-25(23)29-15-13-21(14-16-29)26(30)27-17-22-8-6-5-7-19(22)3/h5-12,21H,4,13-17H2,1-3H3,(H,27,30). The second kappa shape index (κ2) is 9.51. The van der Waals surface area contributed by atoms with Crippen molar-refractivity contribution in [1.29, 1.82) is 0 Å². The van der Waals surface area contributed by atoms with E-state index in [1.807, 2.05) is 74.2 Å². The van der Waals surface area contributed by atoms with Gasteiger partial charge < -0.3 is 10.2 Å². The van der Waals surface area contributed by atoms with Gasteiger partial charge in [-0.1, -0.05) is 61.0 Å². The maximum absolute atomic E-state index is 13.0. The molecule has 0 atom stereocenters. The van der Waals surface area contributed by atoms with Crippen molar-refractivity contribution in [3.8, 4) is 0 Å². The van der Waals surface area contributed by atoms with Gasteiger partial charge in [0.05, 0.1) is 0 Å². The fourth-order valence-electron chi connectivity index (χ4n) is 4.56. The van der Waals surface area contributed by atoms with E-state index >= 15 is 0 Å². The third-order valence-corrected chi connectivity index (χ3v) is 7.97. The summed E-state index contributed by atoms with van der Waals surface area (Å²) < 4.78 is 30.1. The molecular weight excluding hydrogens is 434 g/mol. The van der Waals surface area contributed by atoms with Gasteiger partial charge in [-0.2, -0.15) is 8.42 Å². The van der Waals surface area contributed by atoms with Crippen LogP contribution in [0.15, 0.2) is 58.5 Å². The Morgan fingerprint density at radius 2 is 1.73 bits per heavy atom. The summed E-state index contributed by atoms with van der Waals surface area (Å²) in [5, 5.41) is 3.07. The molecule has 0 unspecified atom stereocenters. The van der Waals surface area contributed by atoms with E-state index in [0.29, 0.717) is 55.2 Å². The molecular formula is C26H31N3O3S. The third kappa shape index (κ3) is 4.88. The zero-order chi connectivity index (χ0) is 23.6. The van der Waals surface area contributed by atoms with Crippen LogP contribution in [0.2, 0.25) is 0 Å². The SMILES string of the molecule is CCC1=C(c2ccc(C)cc2)S(=O)(=O)N=C1N1CCC(C(=O)NCc2ccccc2C)CC1. The molecule has 0 aliphatic carbocycles. The van der Waals surface area contributed by atoms with E-state index in [1.54, 1.807) is 0 Å². The summed E-state index contributed by atoms with van der Waals surface area (Å²) in [7, 11) is -3.74. The molecule has 1 fully saturated rings. The number of likely N-dealkylation sites (tertiary alicyclic amines) is 1. The van der Waals surface area contributed by atoms with Crippen molar-refractivity contribution in [2.75, 3.05) is 13.1 Å². The molecule has 33 heavy (non-hydrogen) atoms. The first-order valence-corrected chi connectivity index (χ1v) is 13.0. The highest BCUT2D eigenvalue weighted by atomic mass is 32.2. The Balaban J connectivity index is 1.44. The van der Waals surface area contributed by atoms with Crippen LogP contribution < -0.4 is 5.32 Å². The molecule has 7 heteroatoms. The quantitative estimate of drug-likeness (QED) is 0.718. The second-order valence-corrected chi connectivity index (χ2v) is 10.4. The summed E-state index contributed by atoms with van der Waals surface area (Å²) in [6, 6.07) is 15.6. The number of carbonyl (C=O) groups is 1. The number of rotatable bonds is 5. The maximum atomic E-state index is 13.0. The first-order valence-electron chi connectivity index (χ1n) is 11.5. The monoisotopic (exact) mass is 465 g/mol. The van der Waals surface area contributed by atoms with E-state index in [2.05, 4.69) is 9.71 Å². The maximum Gasteiger partial charge on any atom is 0.285 e. The van der Waals surface area contributed by atoms with Gasteiger partial charge >= 0.3 is 0 Å². The summed E-state index contributed by atoms with van der Waals surface area (Å²) in [4.78, 5) is 15.1. The van der Waals surface area contributed by atoms with Gasteiger partial charge in [0.2, 0.25) is 5.91 Å². The lowest BCUT2D eigenvalue weighted by molar-refractivity contribution is -0.126. The van der Waals surface area contributed by atoms with E-state index in [1.165, 1.54) is 0 Å². The van der Waals surface area contributed by atoms with Crippen LogP contribution in [-0.2, 0) is 21.4 Å². The van der Waals surface area contributed by atoms with Crippen molar-refractivity contribution in [3.05, 3.63) is 76.4 Å². The molecule has 6 nitrogen and oxygen atoms in total. The first-order chi connectivity index (χ1) is 15.8.